The predicted octanol–water partition coefficient (Wildman–Crippen LogP) is 5.66. The van der Waals surface area contributed by atoms with Gasteiger partial charge in [0.05, 0.1) is 24.1 Å². The van der Waals surface area contributed by atoms with Crippen LogP contribution < -0.4 is 20.1 Å². The molecule has 1 saturated heterocycles. The number of nitrogen functional groups attached to an aromatic ring is 1. The van der Waals surface area contributed by atoms with E-state index < -0.39 is 16.1 Å². The van der Waals surface area contributed by atoms with E-state index in [1.165, 1.54) is 0 Å². The smallest absolute Gasteiger partial charge is 0.305 e. The zero-order chi connectivity index (χ0) is 29.7. The quantitative estimate of drug-likeness (QED) is 0.0985. The molecule has 1 atom stereocenters. The molecule has 0 aliphatic carbocycles. The van der Waals surface area contributed by atoms with Crippen LogP contribution in [0.5, 0.6) is 5.75 Å². The number of sulfonamides is 1. The standard InChI is InChI=1S/C32H40N4O5S.2ClH/c1-2-40-31(37)6-4-3-5-17-42(38,39)36-29-12-11-28(41-27-13-15-35-16-14-27)20-26(29)21-30(36)23-9-7-22-8-10-24(32(33)34)19-25(22)18-23;;/h7-12,18-20,27,30,35H,2-6,13-17,21H2,1H3,(H3,33,34);2*1H. The van der Waals surface area contributed by atoms with Gasteiger partial charge >= 0.3 is 5.97 Å². The third-order valence-corrected chi connectivity index (χ3v) is 9.88. The van der Waals surface area contributed by atoms with Gasteiger partial charge in [0.25, 0.3) is 0 Å². The van der Waals surface area contributed by atoms with Crippen LogP contribution in [-0.4, -0.2) is 51.8 Å². The zero-order valence-corrected chi connectivity index (χ0v) is 27.4. The van der Waals surface area contributed by atoms with Gasteiger partial charge in [0.15, 0.2) is 0 Å². The second-order valence-electron chi connectivity index (χ2n) is 11.0. The van der Waals surface area contributed by atoms with Crippen molar-refractivity contribution in [3.63, 3.8) is 0 Å². The first kappa shape index (κ1) is 35.4. The molecular formula is C32H42Cl2N4O5S. The Balaban J connectivity index is 0.00000264. The number of esters is 1. The van der Waals surface area contributed by atoms with Gasteiger partial charge in [-0.05, 0) is 97.9 Å². The number of nitrogens with one attached hydrogen (secondary N) is 2. The third kappa shape index (κ3) is 8.35. The van der Waals surface area contributed by atoms with E-state index in [9.17, 15) is 13.2 Å². The van der Waals surface area contributed by atoms with Crippen molar-refractivity contribution >= 4 is 63.1 Å². The van der Waals surface area contributed by atoms with Crippen molar-refractivity contribution in [2.45, 2.75) is 64.0 Å². The van der Waals surface area contributed by atoms with Crippen LogP contribution in [0.4, 0.5) is 5.69 Å². The molecule has 12 heteroatoms. The van der Waals surface area contributed by atoms with Gasteiger partial charge in [0.2, 0.25) is 10.0 Å². The van der Waals surface area contributed by atoms with Gasteiger partial charge in [0, 0.05) is 18.4 Å². The summed E-state index contributed by atoms with van der Waals surface area (Å²) in [6.07, 6.45) is 4.51. The highest BCUT2D eigenvalue weighted by Gasteiger charge is 2.38. The molecule has 1 unspecified atom stereocenters. The Labute approximate surface area is 272 Å². The molecule has 240 valence electrons. The Bertz CT molecular complexity index is 1560. The van der Waals surface area contributed by atoms with Crippen molar-refractivity contribution in [1.82, 2.24) is 5.32 Å². The maximum atomic E-state index is 13.9. The summed E-state index contributed by atoms with van der Waals surface area (Å²) in [5.41, 5.74) is 8.87. The summed E-state index contributed by atoms with van der Waals surface area (Å²) in [5, 5.41) is 13.1. The first-order valence-electron chi connectivity index (χ1n) is 14.8. The molecule has 9 nitrogen and oxygen atoms in total. The minimum absolute atomic E-state index is 0. The summed E-state index contributed by atoms with van der Waals surface area (Å²) >= 11 is 0. The summed E-state index contributed by atoms with van der Waals surface area (Å²) in [5.74, 6) is 0.494. The Kier molecular flexibility index (Phi) is 12.7. The molecule has 2 aliphatic rings. The van der Waals surface area contributed by atoms with E-state index in [4.69, 9.17) is 20.6 Å². The summed E-state index contributed by atoms with van der Waals surface area (Å²) in [4.78, 5) is 11.7. The van der Waals surface area contributed by atoms with E-state index in [0.29, 0.717) is 50.0 Å². The topological polar surface area (TPSA) is 135 Å². The van der Waals surface area contributed by atoms with Gasteiger partial charge in [-0.25, -0.2) is 8.42 Å². The fourth-order valence-electron chi connectivity index (χ4n) is 5.88. The molecule has 2 aliphatic heterocycles. The number of benzene rings is 3. The van der Waals surface area contributed by atoms with E-state index in [1.807, 2.05) is 54.6 Å². The normalized spacial score (nSPS) is 16.5. The number of unbranched alkanes of at least 4 members (excludes halogenated alkanes) is 2. The van der Waals surface area contributed by atoms with Crippen molar-refractivity contribution < 1.29 is 22.7 Å². The van der Waals surface area contributed by atoms with E-state index in [1.54, 1.807) is 11.2 Å². The molecule has 44 heavy (non-hydrogen) atoms. The number of ether oxygens (including phenoxy) is 2. The molecule has 0 aromatic heterocycles. The second kappa shape index (κ2) is 15.8. The van der Waals surface area contributed by atoms with Crippen LogP contribution in [0.1, 0.15) is 68.2 Å². The molecule has 5 rings (SSSR count). The molecule has 2 heterocycles. The molecule has 0 amide bonds. The van der Waals surface area contributed by atoms with Crippen molar-refractivity contribution in [2.75, 3.05) is 29.8 Å². The Morgan fingerprint density at radius 1 is 1.00 bits per heavy atom. The van der Waals surface area contributed by atoms with Crippen LogP contribution in [0.2, 0.25) is 0 Å². The van der Waals surface area contributed by atoms with Crippen molar-refractivity contribution in [1.29, 1.82) is 5.41 Å². The van der Waals surface area contributed by atoms with Gasteiger partial charge in [-0.1, -0.05) is 30.7 Å². The molecule has 4 N–H and O–H groups in total. The van der Waals surface area contributed by atoms with Crippen LogP contribution in [-0.2, 0) is 26.0 Å². The number of fused-ring (bicyclic) bond motifs is 2. The van der Waals surface area contributed by atoms with Crippen LogP contribution in [0, 0.1) is 5.41 Å². The Morgan fingerprint density at radius 3 is 2.48 bits per heavy atom. The Morgan fingerprint density at radius 2 is 1.75 bits per heavy atom. The number of nitrogens with two attached hydrogens (primary N) is 1. The number of hydrogen-bond donors (Lipinski definition) is 3. The molecule has 3 aromatic rings. The van der Waals surface area contributed by atoms with Crippen LogP contribution in [0.3, 0.4) is 0 Å². The lowest BCUT2D eigenvalue weighted by molar-refractivity contribution is -0.143. The lowest BCUT2D eigenvalue weighted by atomic mass is 9.98. The predicted molar refractivity (Wildman–Crippen MR) is 180 cm³/mol. The molecule has 0 bridgehead atoms. The minimum atomic E-state index is -3.68. The van der Waals surface area contributed by atoms with Gasteiger partial charge in [-0.2, -0.15) is 0 Å². The number of piperidine rings is 1. The zero-order valence-electron chi connectivity index (χ0n) is 24.9. The first-order chi connectivity index (χ1) is 20.2. The number of amidine groups is 1. The summed E-state index contributed by atoms with van der Waals surface area (Å²) in [6, 6.07) is 16.9. The van der Waals surface area contributed by atoms with E-state index in [-0.39, 0.29) is 48.5 Å². The van der Waals surface area contributed by atoms with Crippen molar-refractivity contribution in [3.05, 3.63) is 71.3 Å². The highest BCUT2D eigenvalue weighted by atomic mass is 35.5. The molecular weight excluding hydrogens is 623 g/mol. The minimum Gasteiger partial charge on any atom is -0.490 e. The van der Waals surface area contributed by atoms with Crippen molar-refractivity contribution in [2.24, 2.45) is 5.73 Å². The number of carbonyl (C=O) groups excluding carboxylic acids is 1. The van der Waals surface area contributed by atoms with E-state index in [0.717, 1.165) is 53.6 Å². The molecule has 0 spiro atoms. The highest BCUT2D eigenvalue weighted by molar-refractivity contribution is 7.92. The third-order valence-electron chi connectivity index (χ3n) is 8.02. The highest BCUT2D eigenvalue weighted by Crippen LogP contribution is 2.44. The fraction of sp³-hybridized carbons (Fsp3) is 0.438. The SMILES string of the molecule is CCOC(=O)CCCCCS(=O)(=O)N1c2ccc(OC3CCNCC3)cc2CC1c1ccc2ccc(C(=N)N)cc2c1.Cl.Cl. The fourth-order valence-corrected chi connectivity index (χ4v) is 7.70. The van der Waals surface area contributed by atoms with Crippen LogP contribution in [0.15, 0.2) is 54.6 Å². The molecule has 3 aromatic carbocycles. The monoisotopic (exact) mass is 664 g/mol. The molecule has 0 radical (unpaired) electrons. The van der Waals surface area contributed by atoms with Crippen LogP contribution >= 0.6 is 24.8 Å². The number of hydrogen-bond acceptors (Lipinski definition) is 7. The summed E-state index contributed by atoms with van der Waals surface area (Å²) < 4.78 is 40.7. The molecule has 0 saturated carbocycles. The lowest BCUT2D eigenvalue weighted by Crippen LogP contribution is -2.34. The van der Waals surface area contributed by atoms with Gasteiger partial charge in [0.1, 0.15) is 17.7 Å². The summed E-state index contributed by atoms with van der Waals surface area (Å²) in [6.45, 7) is 3.97. The van der Waals surface area contributed by atoms with E-state index >= 15 is 0 Å². The number of rotatable bonds is 12. The van der Waals surface area contributed by atoms with E-state index in [2.05, 4.69) is 5.32 Å². The van der Waals surface area contributed by atoms with Crippen LogP contribution in [0.25, 0.3) is 10.8 Å². The lowest BCUT2D eigenvalue weighted by Gasteiger charge is -2.28. The average molecular weight is 666 g/mol. The van der Waals surface area contributed by atoms with Gasteiger partial charge in [-0.3, -0.25) is 14.5 Å². The summed E-state index contributed by atoms with van der Waals surface area (Å²) in [7, 11) is -3.68. The Hall–Kier alpha value is -3.05. The second-order valence-corrected chi connectivity index (χ2v) is 13.0. The average Bonchev–Trinajstić information content (AvgIpc) is 3.37. The number of halogens is 2. The number of nitrogens with zero attached hydrogens (tertiary/aromatic N) is 1. The maximum Gasteiger partial charge on any atom is 0.305 e. The number of anilines is 1. The first-order valence-corrected chi connectivity index (χ1v) is 16.4. The van der Waals surface area contributed by atoms with Gasteiger partial charge < -0.3 is 20.5 Å². The molecule has 1 fully saturated rings. The number of carbonyl (C=O) groups is 1. The largest absolute Gasteiger partial charge is 0.490 e. The van der Waals surface area contributed by atoms with Crippen molar-refractivity contribution in [3.8, 4) is 5.75 Å². The maximum absolute atomic E-state index is 13.9. The van der Waals surface area contributed by atoms with Gasteiger partial charge in [-0.15, -0.1) is 24.8 Å².